The number of benzene rings is 3. The number of anilines is 2. The number of ether oxygens (including phenoxy) is 4. The van der Waals surface area contributed by atoms with Gasteiger partial charge in [-0.25, -0.2) is 0 Å². The van der Waals surface area contributed by atoms with E-state index < -0.39 is 54.6 Å². The highest BCUT2D eigenvalue weighted by Gasteiger charge is 2.38. The van der Waals surface area contributed by atoms with E-state index in [1.807, 2.05) is 0 Å². The van der Waals surface area contributed by atoms with Crippen LogP contribution in [0.5, 0.6) is 11.5 Å². The lowest BCUT2D eigenvalue weighted by Crippen LogP contribution is -2.39. The molecule has 6 N–H and O–H groups in total. The van der Waals surface area contributed by atoms with Crippen molar-refractivity contribution in [3.63, 3.8) is 0 Å². The Balaban J connectivity index is 1.15. The molecule has 2 unspecified atom stereocenters. The van der Waals surface area contributed by atoms with E-state index in [-0.39, 0.29) is 28.8 Å². The molecule has 0 amide bonds. The van der Waals surface area contributed by atoms with Crippen LogP contribution in [0.4, 0.5) is 37.7 Å². The standard InChI is InChI=1S/C43H48F6N2O8/c44-42(45,46)58-33-16-5-28(6-17-33)24-56-31-12-1-26(2-13-31)9-21-37(52)40(54)39(35-20-11-30(50)23-36(35)51)41(55)38(53)22-10-27-3-14-32(15-4-27)57-25-29-7-18-34(19-8-29)59-43(47,48)49/h1-4,9-15,20-23,28-29,33-34,39-41,54-55H,5-8,16-19,24-25,50-51H2/b21-9+,22-10+. The second-order valence-corrected chi connectivity index (χ2v) is 14.9. The Morgan fingerprint density at radius 3 is 1.37 bits per heavy atom. The lowest BCUT2D eigenvalue weighted by atomic mass is 9.83. The van der Waals surface area contributed by atoms with Crippen molar-refractivity contribution < 1.29 is 65.1 Å². The number of carbonyl (C=O) groups excluding carboxylic acids is 2. The van der Waals surface area contributed by atoms with Crippen LogP contribution in [0.2, 0.25) is 0 Å². The van der Waals surface area contributed by atoms with Gasteiger partial charge in [-0.2, -0.15) is 0 Å². The molecule has 2 fully saturated rings. The summed E-state index contributed by atoms with van der Waals surface area (Å²) in [6, 6.07) is 17.6. The molecule has 0 aliphatic heterocycles. The normalized spacial score (nSPS) is 21.9. The van der Waals surface area contributed by atoms with E-state index in [1.165, 1.54) is 30.4 Å². The van der Waals surface area contributed by atoms with E-state index in [2.05, 4.69) is 9.47 Å². The number of hydrogen-bond donors (Lipinski definition) is 4. The predicted octanol–water partition coefficient (Wildman–Crippen LogP) is 8.17. The Kier molecular flexibility index (Phi) is 15.6. The zero-order valence-electron chi connectivity index (χ0n) is 32.0. The van der Waals surface area contributed by atoms with Crippen LogP contribution in [0.25, 0.3) is 12.2 Å². The van der Waals surface area contributed by atoms with Gasteiger partial charge in [-0.3, -0.25) is 19.1 Å². The van der Waals surface area contributed by atoms with Crippen LogP contribution in [0.15, 0.2) is 78.9 Å². The van der Waals surface area contributed by atoms with E-state index >= 15 is 0 Å². The molecule has 16 heteroatoms. The van der Waals surface area contributed by atoms with Crippen molar-refractivity contribution in [3.8, 4) is 11.5 Å². The molecule has 0 radical (unpaired) electrons. The molecule has 10 nitrogen and oxygen atoms in total. The summed E-state index contributed by atoms with van der Waals surface area (Å²) in [6.07, 6.45) is -6.31. The van der Waals surface area contributed by atoms with Gasteiger partial charge in [0.15, 0.2) is 11.6 Å². The number of carbonyl (C=O) groups is 2. The van der Waals surface area contributed by atoms with E-state index in [0.717, 1.165) is 12.2 Å². The third-order valence-electron chi connectivity index (χ3n) is 10.5. The molecular formula is C43H48F6N2O8. The molecule has 3 aromatic rings. The fourth-order valence-corrected chi connectivity index (χ4v) is 7.31. The maximum Gasteiger partial charge on any atom is 0.522 e. The minimum Gasteiger partial charge on any atom is -0.493 e. The Hall–Kier alpha value is -4.90. The Bertz CT molecular complexity index is 1770. The van der Waals surface area contributed by atoms with Gasteiger partial charge in [0, 0.05) is 11.4 Å². The van der Waals surface area contributed by atoms with E-state index in [0.29, 0.717) is 87.2 Å². The van der Waals surface area contributed by atoms with Crippen LogP contribution >= 0.6 is 0 Å². The zero-order valence-corrected chi connectivity index (χ0v) is 32.0. The van der Waals surface area contributed by atoms with Crippen molar-refractivity contribution in [1.29, 1.82) is 0 Å². The number of alkyl halides is 6. The van der Waals surface area contributed by atoms with Gasteiger partial charge < -0.3 is 31.2 Å². The number of rotatable bonds is 17. The fourth-order valence-electron chi connectivity index (χ4n) is 7.31. The van der Waals surface area contributed by atoms with Crippen LogP contribution in [0.3, 0.4) is 0 Å². The quantitative estimate of drug-likeness (QED) is 0.0593. The van der Waals surface area contributed by atoms with Crippen LogP contribution in [-0.2, 0) is 19.1 Å². The molecule has 0 aromatic heterocycles. The molecule has 5 rings (SSSR count). The predicted molar refractivity (Wildman–Crippen MR) is 208 cm³/mol. The summed E-state index contributed by atoms with van der Waals surface area (Å²) in [6.45, 7) is 0.652. The lowest BCUT2D eigenvalue weighted by Gasteiger charge is -2.28. The van der Waals surface area contributed by atoms with Gasteiger partial charge in [-0.15, -0.1) is 26.3 Å². The molecule has 320 valence electrons. The molecule has 2 saturated carbocycles. The Labute approximate surface area is 337 Å². The van der Waals surface area contributed by atoms with Gasteiger partial charge in [-0.05, 0) is 128 Å². The molecule has 3 aromatic carbocycles. The summed E-state index contributed by atoms with van der Waals surface area (Å²) in [5.41, 5.74) is 13.7. The van der Waals surface area contributed by atoms with Gasteiger partial charge in [-0.1, -0.05) is 42.5 Å². The lowest BCUT2D eigenvalue weighted by molar-refractivity contribution is -0.346. The third-order valence-corrected chi connectivity index (χ3v) is 10.5. The van der Waals surface area contributed by atoms with Crippen molar-refractivity contribution >= 4 is 35.1 Å². The van der Waals surface area contributed by atoms with Gasteiger partial charge in [0.2, 0.25) is 0 Å². The second kappa shape index (κ2) is 20.4. The smallest absolute Gasteiger partial charge is 0.493 e. The molecular weight excluding hydrogens is 786 g/mol. The van der Waals surface area contributed by atoms with E-state index in [9.17, 15) is 46.1 Å². The monoisotopic (exact) mass is 834 g/mol. The number of ketones is 2. The Morgan fingerprint density at radius 2 is 1.02 bits per heavy atom. The largest absolute Gasteiger partial charge is 0.522 e. The van der Waals surface area contributed by atoms with Crippen LogP contribution in [-0.4, -0.2) is 72.1 Å². The van der Waals surface area contributed by atoms with Crippen molar-refractivity contribution in [2.45, 2.75) is 94.4 Å². The van der Waals surface area contributed by atoms with Gasteiger partial charge in [0.1, 0.15) is 23.7 Å². The summed E-state index contributed by atoms with van der Waals surface area (Å²) >= 11 is 0. The highest BCUT2D eigenvalue weighted by molar-refractivity contribution is 6.01. The van der Waals surface area contributed by atoms with Crippen LogP contribution < -0.4 is 20.9 Å². The summed E-state index contributed by atoms with van der Waals surface area (Å²) in [4.78, 5) is 26.6. The van der Waals surface area contributed by atoms with Crippen molar-refractivity contribution in [1.82, 2.24) is 0 Å². The first kappa shape index (κ1) is 45.2. The molecule has 0 spiro atoms. The molecule has 2 aliphatic rings. The minimum atomic E-state index is -4.65. The second-order valence-electron chi connectivity index (χ2n) is 14.9. The summed E-state index contributed by atoms with van der Waals surface area (Å²) in [5, 5.41) is 22.6. The number of nitrogen functional groups attached to an aromatic ring is 2. The first-order valence-electron chi connectivity index (χ1n) is 19.3. The zero-order chi connectivity index (χ0) is 42.7. The molecule has 59 heavy (non-hydrogen) atoms. The average Bonchev–Trinajstić information content (AvgIpc) is 3.19. The Morgan fingerprint density at radius 1 is 0.627 bits per heavy atom. The van der Waals surface area contributed by atoms with E-state index in [4.69, 9.17) is 20.9 Å². The number of halogens is 6. The fraction of sp³-hybridized carbons (Fsp3) is 0.442. The summed E-state index contributed by atoms with van der Waals surface area (Å²) in [5.74, 6) is -1.88. The number of aliphatic hydroxyl groups excluding tert-OH is 2. The van der Waals surface area contributed by atoms with Gasteiger partial charge >= 0.3 is 12.7 Å². The molecule has 0 bridgehead atoms. The highest BCUT2D eigenvalue weighted by Crippen LogP contribution is 2.34. The first-order chi connectivity index (χ1) is 27.9. The number of hydrogen-bond acceptors (Lipinski definition) is 10. The van der Waals surface area contributed by atoms with Gasteiger partial charge in [0.25, 0.3) is 0 Å². The topological polar surface area (TPSA) is 164 Å². The third kappa shape index (κ3) is 14.4. The van der Waals surface area contributed by atoms with Crippen molar-refractivity contribution in [2.24, 2.45) is 11.8 Å². The van der Waals surface area contributed by atoms with E-state index in [1.54, 1.807) is 48.5 Å². The number of nitrogens with two attached hydrogens (primary N) is 2. The molecule has 0 heterocycles. The van der Waals surface area contributed by atoms with Crippen LogP contribution in [0.1, 0.15) is 74.0 Å². The molecule has 2 aliphatic carbocycles. The van der Waals surface area contributed by atoms with Crippen molar-refractivity contribution in [3.05, 3.63) is 95.6 Å². The highest BCUT2D eigenvalue weighted by atomic mass is 19.4. The molecule has 0 saturated heterocycles. The SMILES string of the molecule is Nc1ccc(C(C(O)C(=O)/C=C/c2ccc(OCC3CCC(OC(F)(F)F)CC3)cc2)C(O)C(=O)/C=C/c2ccc(OCC3CCC(OC(F)(F)F)CC3)cc2)c(N)c1. The van der Waals surface area contributed by atoms with Gasteiger partial charge in [0.05, 0.1) is 31.3 Å². The first-order valence-corrected chi connectivity index (χ1v) is 19.3. The maximum absolute atomic E-state index is 13.3. The summed E-state index contributed by atoms with van der Waals surface area (Å²) in [7, 11) is 0. The molecule has 2 atom stereocenters. The number of aliphatic hydroxyl groups is 2. The maximum atomic E-state index is 13.3. The average molecular weight is 835 g/mol. The minimum absolute atomic E-state index is 0.0539. The van der Waals surface area contributed by atoms with Crippen LogP contribution in [0, 0.1) is 11.8 Å². The van der Waals surface area contributed by atoms with Crippen molar-refractivity contribution in [2.75, 3.05) is 24.7 Å². The summed E-state index contributed by atoms with van der Waals surface area (Å²) < 4.78 is 94.9.